The van der Waals surface area contributed by atoms with Crippen LogP contribution in [0.3, 0.4) is 0 Å². The first-order valence-corrected chi connectivity index (χ1v) is 6.77. The van der Waals surface area contributed by atoms with Crippen LogP contribution in [0.25, 0.3) is 11.1 Å². The Hall–Kier alpha value is -2.64. The van der Waals surface area contributed by atoms with Crippen LogP contribution in [0.15, 0.2) is 33.6 Å². The largest absolute Gasteiger partial charge is 0.416 e. The molecule has 0 saturated carbocycles. The lowest BCUT2D eigenvalue weighted by molar-refractivity contribution is -0.137. The summed E-state index contributed by atoms with van der Waals surface area (Å²) in [6.07, 6.45) is -4.43. The van der Waals surface area contributed by atoms with Crippen LogP contribution in [-0.2, 0) is 12.7 Å². The summed E-state index contributed by atoms with van der Waals surface area (Å²) in [7, 11) is 0. The van der Waals surface area contributed by atoms with E-state index in [1.54, 1.807) is 13.8 Å². The third kappa shape index (κ3) is 2.71. The Morgan fingerprint density at radius 1 is 1.26 bits per heavy atom. The third-order valence-corrected chi connectivity index (χ3v) is 3.55. The van der Waals surface area contributed by atoms with Gasteiger partial charge in [0.05, 0.1) is 17.8 Å². The lowest BCUT2D eigenvalue weighted by Crippen LogP contribution is -2.24. The minimum atomic E-state index is -4.43. The second kappa shape index (κ2) is 5.22. The maximum atomic E-state index is 12.8. The van der Waals surface area contributed by atoms with E-state index in [-0.39, 0.29) is 23.2 Å². The van der Waals surface area contributed by atoms with E-state index >= 15 is 0 Å². The van der Waals surface area contributed by atoms with E-state index in [0.717, 1.165) is 12.1 Å². The summed E-state index contributed by atoms with van der Waals surface area (Å²) in [6, 6.07) is 4.86. The highest BCUT2D eigenvalue weighted by Gasteiger charge is 2.30. The fourth-order valence-electron chi connectivity index (χ4n) is 2.38. The molecular formula is C15H12F3N3O2. The molecule has 3 rings (SSSR count). The predicted octanol–water partition coefficient (Wildman–Crippen LogP) is 3.07. The van der Waals surface area contributed by atoms with Crippen LogP contribution in [0.4, 0.5) is 13.2 Å². The van der Waals surface area contributed by atoms with Crippen LogP contribution in [0.5, 0.6) is 0 Å². The first kappa shape index (κ1) is 15.3. The first-order valence-electron chi connectivity index (χ1n) is 6.77. The lowest BCUT2D eigenvalue weighted by Gasteiger charge is -2.11. The average molecular weight is 323 g/mol. The smallest absolute Gasteiger partial charge is 0.335 e. The zero-order valence-electron chi connectivity index (χ0n) is 12.3. The molecule has 0 aliphatic heterocycles. The van der Waals surface area contributed by atoms with Crippen molar-refractivity contribution in [3.05, 3.63) is 57.3 Å². The summed E-state index contributed by atoms with van der Waals surface area (Å²) in [5, 5.41) is 3.93. The van der Waals surface area contributed by atoms with Gasteiger partial charge in [-0.25, -0.2) is 0 Å². The third-order valence-electron chi connectivity index (χ3n) is 3.55. The van der Waals surface area contributed by atoms with Crippen LogP contribution >= 0.6 is 0 Å². The molecule has 0 atom stereocenters. The van der Waals surface area contributed by atoms with Gasteiger partial charge in [0.25, 0.3) is 11.3 Å². The van der Waals surface area contributed by atoms with Crippen LogP contribution in [-0.4, -0.2) is 14.7 Å². The monoisotopic (exact) mass is 323 g/mol. The van der Waals surface area contributed by atoms with Gasteiger partial charge in [-0.3, -0.25) is 9.36 Å². The van der Waals surface area contributed by atoms with Gasteiger partial charge in [0.1, 0.15) is 11.2 Å². The normalized spacial score (nSPS) is 12.0. The van der Waals surface area contributed by atoms with Gasteiger partial charge in [-0.15, -0.1) is 0 Å². The summed E-state index contributed by atoms with van der Waals surface area (Å²) >= 11 is 0. The number of aryl methyl sites for hydroxylation is 2. The Kier molecular flexibility index (Phi) is 3.46. The van der Waals surface area contributed by atoms with Crippen molar-refractivity contribution in [1.82, 2.24) is 14.7 Å². The molecule has 8 heteroatoms. The molecule has 0 bridgehead atoms. The van der Waals surface area contributed by atoms with Gasteiger partial charge >= 0.3 is 6.18 Å². The molecule has 23 heavy (non-hydrogen) atoms. The summed E-state index contributed by atoms with van der Waals surface area (Å²) in [5.41, 5.74) is -0.250. The van der Waals surface area contributed by atoms with Crippen molar-refractivity contribution < 1.29 is 17.7 Å². The van der Waals surface area contributed by atoms with Crippen molar-refractivity contribution >= 4 is 11.1 Å². The topological polar surface area (TPSA) is 60.9 Å². The van der Waals surface area contributed by atoms with Gasteiger partial charge in [-0.05, 0) is 31.5 Å². The molecule has 0 spiro atoms. The van der Waals surface area contributed by atoms with Crippen LogP contribution < -0.4 is 5.56 Å². The number of hydrogen-bond acceptors (Lipinski definition) is 4. The first-order chi connectivity index (χ1) is 10.8. The van der Waals surface area contributed by atoms with E-state index in [9.17, 15) is 18.0 Å². The van der Waals surface area contributed by atoms with E-state index in [2.05, 4.69) is 10.1 Å². The molecule has 0 fully saturated rings. The molecule has 0 aliphatic rings. The van der Waals surface area contributed by atoms with Crippen molar-refractivity contribution in [1.29, 1.82) is 0 Å². The van der Waals surface area contributed by atoms with Crippen molar-refractivity contribution in [3.63, 3.8) is 0 Å². The van der Waals surface area contributed by atoms with E-state index in [0.29, 0.717) is 17.1 Å². The number of rotatable bonds is 2. The van der Waals surface area contributed by atoms with E-state index in [4.69, 9.17) is 4.52 Å². The Morgan fingerprint density at radius 3 is 2.70 bits per heavy atom. The molecule has 0 unspecified atom stereocenters. The molecule has 2 heterocycles. The molecule has 5 nitrogen and oxygen atoms in total. The number of hydrogen-bond donors (Lipinski definition) is 0. The molecule has 0 N–H and O–H groups in total. The second-order valence-corrected chi connectivity index (χ2v) is 5.20. The van der Waals surface area contributed by atoms with E-state index < -0.39 is 11.7 Å². The zero-order chi connectivity index (χ0) is 16.8. The van der Waals surface area contributed by atoms with Crippen LogP contribution in [0.2, 0.25) is 0 Å². The highest BCUT2D eigenvalue weighted by Crippen LogP contribution is 2.29. The average Bonchev–Trinajstić information content (AvgIpc) is 2.84. The van der Waals surface area contributed by atoms with Gasteiger partial charge in [-0.2, -0.15) is 18.2 Å². The number of halogens is 3. The fraction of sp³-hybridized carbons (Fsp3) is 0.267. The number of aromatic nitrogens is 3. The van der Waals surface area contributed by atoms with Gasteiger partial charge in [0.15, 0.2) is 0 Å². The molecule has 0 aliphatic carbocycles. The Bertz CT molecular complexity index is 941. The summed E-state index contributed by atoms with van der Waals surface area (Å²) in [4.78, 5) is 16.7. The molecule has 1 aromatic carbocycles. The Balaban J connectivity index is 2.09. The molecule has 3 aromatic rings. The number of fused-ring (bicyclic) bond motifs is 1. The van der Waals surface area contributed by atoms with Gasteiger partial charge in [0.2, 0.25) is 0 Å². The lowest BCUT2D eigenvalue weighted by atomic mass is 10.1. The zero-order valence-corrected chi connectivity index (χ0v) is 12.3. The van der Waals surface area contributed by atoms with Gasteiger partial charge in [0, 0.05) is 0 Å². The van der Waals surface area contributed by atoms with Crippen molar-refractivity contribution in [3.8, 4) is 0 Å². The minimum Gasteiger partial charge on any atom is -0.335 e. The molecule has 0 amide bonds. The fourth-order valence-corrected chi connectivity index (χ4v) is 2.38. The van der Waals surface area contributed by atoms with Crippen LogP contribution in [0.1, 0.15) is 22.6 Å². The maximum Gasteiger partial charge on any atom is 0.416 e. The Labute approximate surface area is 128 Å². The quantitative estimate of drug-likeness (QED) is 0.727. The number of nitrogens with zero attached hydrogens (tertiary/aromatic N) is 3. The predicted molar refractivity (Wildman–Crippen MR) is 76.1 cm³/mol. The molecule has 120 valence electrons. The number of benzene rings is 1. The summed E-state index contributed by atoms with van der Waals surface area (Å²) < 4.78 is 44.6. The van der Waals surface area contributed by atoms with Crippen LogP contribution in [0, 0.1) is 13.8 Å². The SMILES string of the molecule is Cc1noc2nc(C)n(Cc3cccc(C(F)(F)F)c3)c(=O)c12. The molecule has 2 aromatic heterocycles. The second-order valence-electron chi connectivity index (χ2n) is 5.20. The minimum absolute atomic E-state index is 0.0118. The number of alkyl halides is 3. The highest BCUT2D eigenvalue weighted by atomic mass is 19.4. The molecule has 0 radical (unpaired) electrons. The van der Waals surface area contributed by atoms with E-state index in [1.165, 1.54) is 16.7 Å². The Morgan fingerprint density at radius 2 is 2.00 bits per heavy atom. The van der Waals surface area contributed by atoms with Crippen molar-refractivity contribution in [2.45, 2.75) is 26.6 Å². The van der Waals surface area contributed by atoms with Gasteiger partial charge < -0.3 is 4.52 Å². The van der Waals surface area contributed by atoms with Crippen molar-refractivity contribution in [2.75, 3.05) is 0 Å². The maximum absolute atomic E-state index is 12.8. The van der Waals surface area contributed by atoms with Gasteiger partial charge in [-0.1, -0.05) is 17.3 Å². The van der Waals surface area contributed by atoms with E-state index in [1.807, 2.05) is 0 Å². The molecule has 0 saturated heterocycles. The summed E-state index contributed by atoms with van der Waals surface area (Å²) in [6.45, 7) is 3.19. The standard InChI is InChI=1S/C15H12F3N3O2/c1-8-12-13(23-20-8)19-9(2)21(14(12)22)7-10-4-3-5-11(6-10)15(16,17)18/h3-6H,7H2,1-2H3. The molecular weight excluding hydrogens is 311 g/mol. The summed E-state index contributed by atoms with van der Waals surface area (Å²) in [5.74, 6) is 0.344. The van der Waals surface area contributed by atoms with Crippen molar-refractivity contribution in [2.24, 2.45) is 0 Å². The highest BCUT2D eigenvalue weighted by molar-refractivity contribution is 5.74.